The SMILES string of the molecule is [S-2].[S-2].[S-2].[S-2].[W+4].[W+4]. The van der Waals surface area contributed by atoms with E-state index in [0.29, 0.717) is 0 Å². The van der Waals surface area contributed by atoms with Crippen molar-refractivity contribution < 1.29 is 42.1 Å². The molecule has 6 heteroatoms. The Kier molecular flexibility index (Phi) is 532. The van der Waals surface area contributed by atoms with Crippen molar-refractivity contribution in [1.82, 2.24) is 0 Å². The van der Waals surface area contributed by atoms with E-state index in [1.807, 2.05) is 0 Å². The molecule has 0 aliphatic rings. The van der Waals surface area contributed by atoms with Gasteiger partial charge in [0.05, 0.1) is 0 Å². The fourth-order valence-corrected chi connectivity index (χ4v) is 0. The number of hydrogen-bond donors (Lipinski definition) is 0. The molecule has 0 nitrogen and oxygen atoms in total. The second kappa shape index (κ2) is 46.3. The van der Waals surface area contributed by atoms with Gasteiger partial charge in [-0.15, -0.1) is 0 Å². The normalized spacial score (nSPS) is 0. The Hall–Kier alpha value is 2.78. The molecule has 6 heavy (non-hydrogen) atoms. The van der Waals surface area contributed by atoms with E-state index in [-0.39, 0.29) is 96.1 Å². The first kappa shape index (κ1) is 68.8. The van der Waals surface area contributed by atoms with Crippen molar-refractivity contribution in [3.8, 4) is 0 Å². The van der Waals surface area contributed by atoms with Gasteiger partial charge in [-0.05, 0) is 0 Å². The van der Waals surface area contributed by atoms with E-state index in [0.717, 1.165) is 0 Å². The minimum Gasteiger partial charge on any atom is -2.00 e. The Morgan fingerprint density at radius 2 is 0.333 bits per heavy atom. The van der Waals surface area contributed by atoms with E-state index in [2.05, 4.69) is 0 Å². The zero-order valence-corrected chi connectivity index (χ0v) is 11.6. The Morgan fingerprint density at radius 3 is 0.333 bits per heavy atom. The van der Waals surface area contributed by atoms with Crippen LogP contribution in [0.1, 0.15) is 0 Å². The van der Waals surface area contributed by atoms with E-state index in [1.54, 1.807) is 0 Å². The predicted molar refractivity (Wildman–Crippen MR) is 29.5 cm³/mol. The van der Waals surface area contributed by atoms with Crippen molar-refractivity contribution in [2.75, 3.05) is 0 Å². The summed E-state index contributed by atoms with van der Waals surface area (Å²) < 4.78 is 0. The number of hydrogen-bond acceptors (Lipinski definition) is 0. The van der Waals surface area contributed by atoms with Crippen LogP contribution in [-0.4, -0.2) is 0 Å². The molecule has 0 N–H and O–H groups in total. The van der Waals surface area contributed by atoms with Crippen LogP contribution in [0.15, 0.2) is 0 Å². The van der Waals surface area contributed by atoms with Gasteiger partial charge in [0.25, 0.3) is 0 Å². The van der Waals surface area contributed by atoms with Crippen molar-refractivity contribution in [1.29, 1.82) is 0 Å². The van der Waals surface area contributed by atoms with Gasteiger partial charge in [0, 0.05) is 0 Å². The molecular weight excluding hydrogens is 496 g/mol. The third-order valence-electron chi connectivity index (χ3n) is 0. The summed E-state index contributed by atoms with van der Waals surface area (Å²) in [6, 6.07) is 0. The zero-order valence-electron chi connectivity index (χ0n) is 2.45. The molecule has 0 aliphatic heterocycles. The maximum atomic E-state index is 0. The van der Waals surface area contributed by atoms with Gasteiger partial charge in [-0.1, -0.05) is 0 Å². The van der Waals surface area contributed by atoms with Gasteiger partial charge >= 0.3 is 42.1 Å². The molecule has 0 fully saturated rings. The quantitative estimate of drug-likeness (QED) is 0.443. The van der Waals surface area contributed by atoms with Gasteiger partial charge in [0.15, 0.2) is 0 Å². The zero-order chi connectivity index (χ0) is 0. The molecule has 0 radical (unpaired) electrons. The summed E-state index contributed by atoms with van der Waals surface area (Å²) in [4.78, 5) is 0. The van der Waals surface area contributed by atoms with Crippen LogP contribution in [0.3, 0.4) is 0 Å². The minimum absolute atomic E-state index is 0. The van der Waals surface area contributed by atoms with Gasteiger partial charge < -0.3 is 54.0 Å². The van der Waals surface area contributed by atoms with Gasteiger partial charge in [0.2, 0.25) is 0 Å². The van der Waals surface area contributed by atoms with Crippen LogP contribution in [0.2, 0.25) is 0 Å². The molecule has 0 aromatic carbocycles. The van der Waals surface area contributed by atoms with Gasteiger partial charge in [-0.2, -0.15) is 0 Å². The summed E-state index contributed by atoms with van der Waals surface area (Å²) in [7, 11) is 0. The maximum Gasteiger partial charge on any atom is 4.00 e. The van der Waals surface area contributed by atoms with Crippen LogP contribution in [0.4, 0.5) is 0 Å². The van der Waals surface area contributed by atoms with Crippen molar-refractivity contribution in [2.24, 2.45) is 0 Å². The third-order valence-corrected chi connectivity index (χ3v) is 0. The fraction of sp³-hybridized carbons (Fsp3) is 0. The van der Waals surface area contributed by atoms with E-state index in [9.17, 15) is 0 Å². The van der Waals surface area contributed by atoms with Crippen molar-refractivity contribution >= 4 is 54.0 Å². The third kappa shape index (κ3) is 29.3. The average Bonchev–Trinajstić information content (AvgIpc) is 0. The summed E-state index contributed by atoms with van der Waals surface area (Å²) >= 11 is 0. The molecule has 0 heterocycles. The van der Waals surface area contributed by atoms with E-state index < -0.39 is 0 Å². The van der Waals surface area contributed by atoms with Gasteiger partial charge in [-0.25, -0.2) is 0 Å². The van der Waals surface area contributed by atoms with Crippen LogP contribution in [0.5, 0.6) is 0 Å². The van der Waals surface area contributed by atoms with Crippen molar-refractivity contribution in [3.05, 3.63) is 0 Å². The number of rotatable bonds is 0. The Bertz CT molecular complexity index is 5.51. The Morgan fingerprint density at radius 1 is 0.333 bits per heavy atom. The minimum atomic E-state index is 0. The van der Waals surface area contributed by atoms with Crippen LogP contribution >= 0.6 is 0 Å². The fourth-order valence-electron chi connectivity index (χ4n) is 0. The summed E-state index contributed by atoms with van der Waals surface area (Å²) in [6.45, 7) is 0. The van der Waals surface area contributed by atoms with E-state index in [1.165, 1.54) is 0 Å². The Balaban J connectivity index is 0. The molecule has 0 atom stereocenters. The molecule has 0 bridgehead atoms. The predicted octanol–water partition coefficient (Wildman–Crippen LogP) is -0.0146. The molecule has 0 aromatic heterocycles. The largest absolute Gasteiger partial charge is 4.00 e. The van der Waals surface area contributed by atoms with Crippen LogP contribution in [0.25, 0.3) is 0 Å². The van der Waals surface area contributed by atoms with Crippen LogP contribution in [0, 0.1) is 0 Å². The topological polar surface area (TPSA) is 0 Å². The first-order chi connectivity index (χ1) is 0. The summed E-state index contributed by atoms with van der Waals surface area (Å²) in [5, 5.41) is 0. The first-order valence-electron chi connectivity index (χ1n) is 0. The maximum absolute atomic E-state index is 0. The van der Waals surface area contributed by atoms with Crippen LogP contribution < -0.4 is 0 Å². The molecule has 0 spiro atoms. The Labute approximate surface area is 94.9 Å². The monoisotopic (exact) mass is 496 g/mol. The summed E-state index contributed by atoms with van der Waals surface area (Å²) in [6.07, 6.45) is 0. The van der Waals surface area contributed by atoms with E-state index >= 15 is 0 Å². The van der Waals surface area contributed by atoms with Crippen molar-refractivity contribution in [2.45, 2.75) is 0 Å². The molecule has 0 rings (SSSR count). The molecule has 0 saturated heterocycles. The molecule has 0 aliphatic carbocycles. The molecular formula is S4W2. The molecule has 0 aromatic rings. The van der Waals surface area contributed by atoms with Gasteiger partial charge in [0.1, 0.15) is 0 Å². The first-order valence-corrected chi connectivity index (χ1v) is 0. The molecule has 0 unspecified atom stereocenters. The second-order valence-corrected chi connectivity index (χ2v) is 0. The van der Waals surface area contributed by atoms with E-state index in [4.69, 9.17) is 0 Å². The summed E-state index contributed by atoms with van der Waals surface area (Å²) in [5.41, 5.74) is 0. The standard InChI is InChI=1S/4S.2W/q4*-2;2*+4. The molecule has 36 valence electrons. The average molecular weight is 496 g/mol. The smallest absolute Gasteiger partial charge is 2.00 e. The van der Waals surface area contributed by atoms with Crippen molar-refractivity contribution in [3.63, 3.8) is 0 Å². The van der Waals surface area contributed by atoms with Gasteiger partial charge in [-0.3, -0.25) is 0 Å². The molecule has 0 amide bonds. The summed E-state index contributed by atoms with van der Waals surface area (Å²) in [5.74, 6) is 0. The second-order valence-electron chi connectivity index (χ2n) is 0. The van der Waals surface area contributed by atoms with Crippen LogP contribution in [-0.2, 0) is 96.1 Å². The molecule has 0 saturated carbocycles.